The van der Waals surface area contributed by atoms with Gasteiger partial charge in [-0.15, -0.1) is 0 Å². The second-order valence-electron chi connectivity index (χ2n) is 5.29. The van der Waals surface area contributed by atoms with Crippen molar-refractivity contribution in [2.75, 3.05) is 25.9 Å². The van der Waals surface area contributed by atoms with Crippen molar-refractivity contribution in [2.45, 2.75) is 23.4 Å². The quantitative estimate of drug-likeness (QED) is 0.860. The summed E-state index contributed by atoms with van der Waals surface area (Å²) in [7, 11) is -0.988. The fourth-order valence-electron chi connectivity index (χ4n) is 2.94. The minimum absolute atomic E-state index is 0.0392. The molecule has 0 aliphatic carbocycles. The van der Waals surface area contributed by atoms with Gasteiger partial charge in [0, 0.05) is 18.6 Å². The van der Waals surface area contributed by atoms with E-state index < -0.39 is 9.84 Å². The van der Waals surface area contributed by atoms with Crippen LogP contribution in [-0.4, -0.2) is 45.2 Å². The zero-order valence-corrected chi connectivity index (χ0v) is 11.3. The Balaban J connectivity index is 1.83. The van der Waals surface area contributed by atoms with Crippen LogP contribution in [0.25, 0.3) is 0 Å². The molecule has 1 fully saturated rings. The predicted octanol–water partition coefficient (Wildman–Crippen LogP) is 0.809. The highest BCUT2D eigenvalue weighted by molar-refractivity contribution is 7.91. The summed E-state index contributed by atoms with van der Waals surface area (Å²) in [6.45, 7) is 2.08. The van der Waals surface area contributed by atoms with Crippen LogP contribution in [0.3, 0.4) is 0 Å². The molecule has 98 valence electrons. The maximum atomic E-state index is 12.1. The molecule has 4 nitrogen and oxygen atoms in total. The monoisotopic (exact) mass is 266 g/mol. The molecule has 1 aromatic rings. The zero-order chi connectivity index (χ0) is 12.8. The van der Waals surface area contributed by atoms with E-state index in [0.29, 0.717) is 10.9 Å². The fourth-order valence-corrected chi connectivity index (χ4v) is 4.69. The first kappa shape index (κ1) is 12.1. The van der Waals surface area contributed by atoms with Gasteiger partial charge >= 0.3 is 0 Å². The molecule has 2 aliphatic rings. The van der Waals surface area contributed by atoms with Gasteiger partial charge < -0.3 is 10.2 Å². The molecular formula is C13H18N2O2S. The average Bonchev–Trinajstić information content (AvgIpc) is 2.83. The maximum absolute atomic E-state index is 12.1. The number of hydrogen-bond acceptors (Lipinski definition) is 4. The van der Waals surface area contributed by atoms with Gasteiger partial charge in [0.25, 0.3) is 0 Å². The molecule has 1 aromatic carbocycles. The number of nitrogens with one attached hydrogen (secondary N) is 1. The van der Waals surface area contributed by atoms with Crippen LogP contribution in [0.1, 0.15) is 18.0 Å². The van der Waals surface area contributed by atoms with Crippen molar-refractivity contribution in [1.29, 1.82) is 0 Å². The van der Waals surface area contributed by atoms with Crippen molar-refractivity contribution in [2.24, 2.45) is 0 Å². The van der Waals surface area contributed by atoms with E-state index in [4.69, 9.17) is 0 Å². The molecule has 2 atom stereocenters. The Morgan fingerprint density at radius 3 is 2.83 bits per heavy atom. The topological polar surface area (TPSA) is 49.4 Å². The summed E-state index contributed by atoms with van der Waals surface area (Å²) < 4.78 is 24.1. The lowest BCUT2D eigenvalue weighted by Crippen LogP contribution is -2.35. The summed E-state index contributed by atoms with van der Waals surface area (Å²) in [4.78, 5) is 2.78. The van der Waals surface area contributed by atoms with Crippen molar-refractivity contribution in [3.8, 4) is 0 Å². The summed E-state index contributed by atoms with van der Waals surface area (Å²) in [5, 5.41) is 3.50. The Bertz CT molecular complexity index is 556. The zero-order valence-electron chi connectivity index (χ0n) is 10.5. The van der Waals surface area contributed by atoms with Crippen LogP contribution in [0.15, 0.2) is 29.2 Å². The standard InChI is InChI=1S/C13H18N2O2S/c1-15-7-6-10(8-15)14-12-9-18(16,17)13-5-3-2-4-11(12)13/h2-5,10,12,14H,6-9H2,1H3. The van der Waals surface area contributed by atoms with E-state index >= 15 is 0 Å². The molecule has 0 spiro atoms. The molecule has 1 saturated heterocycles. The Kier molecular flexibility index (Phi) is 2.92. The molecule has 0 amide bonds. The lowest BCUT2D eigenvalue weighted by Gasteiger charge is -2.18. The summed E-state index contributed by atoms with van der Waals surface area (Å²) in [5.41, 5.74) is 0.937. The Morgan fingerprint density at radius 1 is 1.33 bits per heavy atom. The van der Waals surface area contributed by atoms with Crippen molar-refractivity contribution < 1.29 is 8.42 Å². The molecule has 2 aliphatic heterocycles. The molecule has 1 N–H and O–H groups in total. The molecule has 18 heavy (non-hydrogen) atoms. The predicted molar refractivity (Wildman–Crippen MR) is 70.3 cm³/mol. The van der Waals surface area contributed by atoms with Crippen LogP contribution < -0.4 is 5.32 Å². The van der Waals surface area contributed by atoms with Crippen molar-refractivity contribution in [3.63, 3.8) is 0 Å². The van der Waals surface area contributed by atoms with Crippen LogP contribution >= 0.6 is 0 Å². The van der Waals surface area contributed by atoms with E-state index in [0.717, 1.165) is 25.1 Å². The third-order valence-corrected chi connectivity index (χ3v) is 5.66. The van der Waals surface area contributed by atoms with Gasteiger partial charge in [0.15, 0.2) is 9.84 Å². The Morgan fingerprint density at radius 2 is 2.11 bits per heavy atom. The molecule has 2 heterocycles. The number of rotatable bonds is 2. The van der Waals surface area contributed by atoms with Gasteiger partial charge in [-0.25, -0.2) is 8.42 Å². The third-order valence-electron chi connectivity index (χ3n) is 3.84. The van der Waals surface area contributed by atoms with E-state index in [1.807, 2.05) is 12.1 Å². The molecule has 2 unspecified atom stereocenters. The maximum Gasteiger partial charge on any atom is 0.180 e. The number of benzene rings is 1. The highest BCUT2D eigenvalue weighted by atomic mass is 32.2. The number of likely N-dealkylation sites (N-methyl/N-ethyl adjacent to an activating group) is 1. The summed E-state index contributed by atoms with van der Waals surface area (Å²) in [6.07, 6.45) is 1.09. The van der Waals surface area contributed by atoms with Crippen molar-refractivity contribution in [1.82, 2.24) is 10.2 Å². The SMILES string of the molecule is CN1CCC(NC2CS(=O)(=O)c3ccccc32)C1. The van der Waals surface area contributed by atoms with Crippen LogP contribution in [0.2, 0.25) is 0 Å². The van der Waals surface area contributed by atoms with Gasteiger partial charge in [0.05, 0.1) is 10.6 Å². The van der Waals surface area contributed by atoms with Gasteiger partial charge in [-0.3, -0.25) is 0 Å². The second-order valence-corrected chi connectivity index (χ2v) is 7.29. The number of fused-ring (bicyclic) bond motifs is 1. The average molecular weight is 266 g/mol. The summed E-state index contributed by atoms with van der Waals surface area (Å²) in [6, 6.07) is 7.71. The first-order chi connectivity index (χ1) is 8.56. The van der Waals surface area contributed by atoms with Crippen LogP contribution in [0, 0.1) is 0 Å². The van der Waals surface area contributed by atoms with Gasteiger partial charge in [0.2, 0.25) is 0 Å². The van der Waals surface area contributed by atoms with Crippen molar-refractivity contribution >= 4 is 9.84 Å². The van der Waals surface area contributed by atoms with E-state index in [2.05, 4.69) is 17.3 Å². The minimum Gasteiger partial charge on any atom is -0.305 e. The molecule has 0 radical (unpaired) electrons. The summed E-state index contributed by atoms with van der Waals surface area (Å²) in [5.74, 6) is 0.201. The molecular weight excluding hydrogens is 248 g/mol. The number of nitrogens with zero attached hydrogens (tertiary/aromatic N) is 1. The Labute approximate surface area is 108 Å². The van der Waals surface area contributed by atoms with Gasteiger partial charge in [-0.1, -0.05) is 18.2 Å². The number of hydrogen-bond donors (Lipinski definition) is 1. The van der Waals surface area contributed by atoms with E-state index in [1.165, 1.54) is 0 Å². The lowest BCUT2D eigenvalue weighted by atomic mass is 10.1. The third kappa shape index (κ3) is 2.06. The fraction of sp³-hybridized carbons (Fsp3) is 0.538. The van der Waals surface area contributed by atoms with Crippen LogP contribution in [0.4, 0.5) is 0 Å². The molecule has 0 saturated carbocycles. The smallest absolute Gasteiger partial charge is 0.180 e. The van der Waals surface area contributed by atoms with E-state index in [9.17, 15) is 8.42 Å². The Hall–Kier alpha value is -0.910. The number of likely N-dealkylation sites (tertiary alicyclic amines) is 1. The largest absolute Gasteiger partial charge is 0.305 e. The van der Waals surface area contributed by atoms with Crippen LogP contribution in [0.5, 0.6) is 0 Å². The highest BCUT2D eigenvalue weighted by Gasteiger charge is 2.36. The highest BCUT2D eigenvalue weighted by Crippen LogP contribution is 2.33. The molecule has 3 rings (SSSR count). The normalized spacial score (nSPS) is 30.5. The van der Waals surface area contributed by atoms with E-state index in [-0.39, 0.29) is 11.8 Å². The summed E-state index contributed by atoms with van der Waals surface area (Å²) >= 11 is 0. The minimum atomic E-state index is -3.09. The van der Waals surface area contributed by atoms with Gasteiger partial charge in [0.1, 0.15) is 0 Å². The van der Waals surface area contributed by atoms with Gasteiger partial charge in [-0.05, 0) is 31.6 Å². The van der Waals surface area contributed by atoms with Crippen molar-refractivity contribution in [3.05, 3.63) is 29.8 Å². The molecule has 0 aromatic heterocycles. The first-order valence-corrected chi connectivity index (χ1v) is 7.98. The molecule has 5 heteroatoms. The lowest BCUT2D eigenvalue weighted by molar-refractivity contribution is 0.388. The number of sulfone groups is 1. The van der Waals surface area contributed by atoms with E-state index in [1.54, 1.807) is 12.1 Å². The molecule has 0 bridgehead atoms. The van der Waals surface area contributed by atoms with Crippen LogP contribution in [-0.2, 0) is 9.84 Å². The van der Waals surface area contributed by atoms with Gasteiger partial charge in [-0.2, -0.15) is 0 Å². The second kappa shape index (κ2) is 4.33. The first-order valence-electron chi connectivity index (χ1n) is 6.32.